The second-order valence-corrected chi connectivity index (χ2v) is 6.32. The van der Waals surface area contributed by atoms with Crippen molar-refractivity contribution >= 4 is 11.8 Å². The Kier molecular flexibility index (Phi) is 5.53. The van der Waals surface area contributed by atoms with Crippen LogP contribution in [0.25, 0.3) is 0 Å². The number of benzene rings is 2. The first-order valence-electron chi connectivity index (χ1n) is 8.54. The molecule has 1 aliphatic rings. The summed E-state index contributed by atoms with van der Waals surface area (Å²) in [6.07, 6.45) is -0.188. The molecule has 6 nitrogen and oxygen atoms in total. The van der Waals surface area contributed by atoms with Crippen molar-refractivity contribution in [2.45, 2.75) is 19.1 Å². The number of ether oxygens (including phenoxy) is 2. The number of nitrogens with zero attached hydrogens (tertiary/aromatic N) is 1. The number of carbonyl (C=O) groups excluding carboxylic acids is 2. The molecule has 3 rings (SSSR count). The lowest BCUT2D eigenvalue weighted by Gasteiger charge is -2.37. The zero-order chi connectivity index (χ0) is 18.5. The molecule has 1 saturated heterocycles. The predicted octanol–water partition coefficient (Wildman–Crippen LogP) is 2.15. The van der Waals surface area contributed by atoms with E-state index < -0.39 is 5.91 Å². The van der Waals surface area contributed by atoms with Gasteiger partial charge in [0.15, 0.2) is 6.61 Å². The van der Waals surface area contributed by atoms with Crippen molar-refractivity contribution in [2.24, 2.45) is 5.73 Å². The van der Waals surface area contributed by atoms with Gasteiger partial charge in [0.1, 0.15) is 11.9 Å². The Labute approximate surface area is 152 Å². The molecule has 0 aliphatic carbocycles. The van der Waals surface area contributed by atoms with Gasteiger partial charge in [-0.3, -0.25) is 9.59 Å². The summed E-state index contributed by atoms with van der Waals surface area (Å²) in [5, 5.41) is 0. The quantitative estimate of drug-likeness (QED) is 0.892. The summed E-state index contributed by atoms with van der Waals surface area (Å²) in [6.45, 7) is 2.92. The Morgan fingerprint density at radius 3 is 2.46 bits per heavy atom. The molecule has 136 valence electrons. The zero-order valence-corrected chi connectivity index (χ0v) is 14.6. The molecule has 2 N–H and O–H groups in total. The van der Waals surface area contributed by atoms with Crippen LogP contribution in [0.3, 0.4) is 0 Å². The van der Waals surface area contributed by atoms with Crippen molar-refractivity contribution < 1.29 is 19.1 Å². The van der Waals surface area contributed by atoms with Crippen molar-refractivity contribution in [2.75, 3.05) is 19.7 Å². The number of primary amides is 1. The van der Waals surface area contributed by atoms with E-state index in [-0.39, 0.29) is 24.7 Å². The molecule has 0 unspecified atom stereocenters. The van der Waals surface area contributed by atoms with Crippen molar-refractivity contribution in [1.82, 2.24) is 4.90 Å². The summed E-state index contributed by atoms with van der Waals surface area (Å²) < 4.78 is 11.5. The molecule has 0 spiro atoms. The highest BCUT2D eigenvalue weighted by atomic mass is 16.5. The Morgan fingerprint density at radius 1 is 1.12 bits per heavy atom. The molecule has 0 radical (unpaired) electrons. The first-order valence-corrected chi connectivity index (χ1v) is 8.54. The molecule has 0 aromatic heterocycles. The molecule has 1 aliphatic heterocycles. The van der Waals surface area contributed by atoms with Crippen LogP contribution < -0.4 is 10.5 Å². The number of nitrogens with two attached hydrogens (primary N) is 1. The maximum atomic E-state index is 12.5. The molecule has 6 heteroatoms. The molecule has 2 aromatic rings. The standard InChI is InChI=1S/C20H22N2O4/c1-14-11-22(12-18(26-14)15-5-3-2-4-6-15)19(23)13-25-17-9-7-16(8-10-17)20(21)24/h2-10,14,18H,11-13H2,1H3,(H2,21,24)/t14-,18-/m0/s1. The highest BCUT2D eigenvalue weighted by Gasteiger charge is 2.29. The zero-order valence-electron chi connectivity index (χ0n) is 14.6. The van der Waals surface area contributed by atoms with Crippen LogP contribution in [0.15, 0.2) is 54.6 Å². The third-order valence-electron chi connectivity index (χ3n) is 4.29. The highest BCUT2D eigenvalue weighted by Crippen LogP contribution is 2.25. The maximum absolute atomic E-state index is 12.5. The van der Waals surface area contributed by atoms with Crippen molar-refractivity contribution in [3.05, 3.63) is 65.7 Å². The third-order valence-corrected chi connectivity index (χ3v) is 4.29. The van der Waals surface area contributed by atoms with E-state index in [0.29, 0.717) is 24.4 Å². The van der Waals surface area contributed by atoms with E-state index in [4.69, 9.17) is 15.2 Å². The molecule has 2 amide bonds. The summed E-state index contributed by atoms with van der Waals surface area (Å²) in [5.74, 6) is -0.0776. The number of carbonyl (C=O) groups is 2. The lowest BCUT2D eigenvalue weighted by Crippen LogP contribution is -2.47. The summed E-state index contributed by atoms with van der Waals surface area (Å²) in [5.41, 5.74) is 6.66. The minimum absolute atomic E-state index is 0.0484. The van der Waals surface area contributed by atoms with E-state index in [1.54, 1.807) is 29.2 Å². The molecule has 2 aromatic carbocycles. The van der Waals surface area contributed by atoms with E-state index in [1.807, 2.05) is 37.3 Å². The van der Waals surface area contributed by atoms with E-state index in [0.717, 1.165) is 5.56 Å². The van der Waals surface area contributed by atoms with Crippen LogP contribution in [0.5, 0.6) is 5.75 Å². The summed E-state index contributed by atoms with van der Waals surface area (Å²) in [4.78, 5) is 25.4. The monoisotopic (exact) mass is 354 g/mol. The van der Waals surface area contributed by atoms with Gasteiger partial charge in [0, 0.05) is 12.1 Å². The second kappa shape index (κ2) is 8.01. The molecule has 2 atom stereocenters. The number of rotatable bonds is 5. The summed E-state index contributed by atoms with van der Waals surface area (Å²) in [7, 11) is 0. The van der Waals surface area contributed by atoms with Gasteiger partial charge in [-0.25, -0.2) is 0 Å². The van der Waals surface area contributed by atoms with Crippen LogP contribution >= 0.6 is 0 Å². The summed E-state index contributed by atoms with van der Waals surface area (Å²) in [6, 6.07) is 16.3. The maximum Gasteiger partial charge on any atom is 0.260 e. The van der Waals surface area contributed by atoms with E-state index >= 15 is 0 Å². The lowest BCUT2D eigenvalue weighted by molar-refractivity contribution is -0.146. The Bertz CT molecular complexity index is 761. The largest absolute Gasteiger partial charge is 0.484 e. The van der Waals surface area contributed by atoms with Gasteiger partial charge in [-0.1, -0.05) is 30.3 Å². The SMILES string of the molecule is C[C@H]1CN(C(=O)COc2ccc(C(N)=O)cc2)C[C@@H](c2ccccc2)O1. The fourth-order valence-corrected chi connectivity index (χ4v) is 2.96. The van der Waals surface area contributed by atoms with Crippen LogP contribution in [-0.2, 0) is 9.53 Å². The molecule has 26 heavy (non-hydrogen) atoms. The Hall–Kier alpha value is -2.86. The van der Waals surface area contributed by atoms with Crippen molar-refractivity contribution in [3.8, 4) is 5.75 Å². The predicted molar refractivity (Wildman–Crippen MR) is 96.8 cm³/mol. The van der Waals surface area contributed by atoms with Gasteiger partial charge in [-0.2, -0.15) is 0 Å². The Balaban J connectivity index is 1.59. The number of morpholine rings is 1. The second-order valence-electron chi connectivity index (χ2n) is 6.32. The average Bonchev–Trinajstić information content (AvgIpc) is 2.66. The van der Waals surface area contributed by atoms with E-state index in [9.17, 15) is 9.59 Å². The van der Waals surface area contributed by atoms with Gasteiger partial charge in [-0.05, 0) is 36.8 Å². The topological polar surface area (TPSA) is 81.9 Å². The van der Waals surface area contributed by atoms with Crippen LogP contribution in [0, 0.1) is 0 Å². The molecule has 1 heterocycles. The minimum atomic E-state index is -0.498. The molecule has 1 fully saturated rings. The number of amides is 2. The number of hydrogen-bond donors (Lipinski definition) is 1. The van der Waals surface area contributed by atoms with Gasteiger partial charge >= 0.3 is 0 Å². The molecular formula is C20H22N2O4. The van der Waals surface area contributed by atoms with Gasteiger partial charge in [0.05, 0.1) is 12.6 Å². The summed E-state index contributed by atoms with van der Waals surface area (Å²) >= 11 is 0. The van der Waals surface area contributed by atoms with E-state index in [2.05, 4.69) is 0 Å². The smallest absolute Gasteiger partial charge is 0.260 e. The Morgan fingerprint density at radius 2 is 1.81 bits per heavy atom. The van der Waals surface area contributed by atoms with Gasteiger partial charge in [-0.15, -0.1) is 0 Å². The average molecular weight is 354 g/mol. The normalized spacial score (nSPS) is 19.8. The fraction of sp³-hybridized carbons (Fsp3) is 0.300. The third kappa shape index (κ3) is 4.40. The van der Waals surface area contributed by atoms with Crippen LogP contribution in [-0.4, -0.2) is 42.5 Å². The highest BCUT2D eigenvalue weighted by molar-refractivity contribution is 5.92. The first kappa shape index (κ1) is 17.9. The van der Waals surface area contributed by atoms with Crippen LogP contribution in [0.1, 0.15) is 28.9 Å². The molecule has 0 bridgehead atoms. The minimum Gasteiger partial charge on any atom is -0.484 e. The van der Waals surface area contributed by atoms with Crippen LogP contribution in [0.4, 0.5) is 0 Å². The van der Waals surface area contributed by atoms with E-state index in [1.165, 1.54) is 0 Å². The lowest BCUT2D eigenvalue weighted by atomic mass is 10.1. The van der Waals surface area contributed by atoms with Gasteiger partial charge in [0.2, 0.25) is 5.91 Å². The fourth-order valence-electron chi connectivity index (χ4n) is 2.96. The first-order chi connectivity index (χ1) is 12.5. The number of hydrogen-bond acceptors (Lipinski definition) is 4. The van der Waals surface area contributed by atoms with Crippen molar-refractivity contribution in [3.63, 3.8) is 0 Å². The molecule has 0 saturated carbocycles. The van der Waals surface area contributed by atoms with Crippen LogP contribution in [0.2, 0.25) is 0 Å². The van der Waals surface area contributed by atoms with Gasteiger partial charge in [0.25, 0.3) is 5.91 Å². The van der Waals surface area contributed by atoms with Gasteiger partial charge < -0.3 is 20.1 Å². The molecular weight excluding hydrogens is 332 g/mol. The van der Waals surface area contributed by atoms with Crippen molar-refractivity contribution in [1.29, 1.82) is 0 Å².